The maximum absolute atomic E-state index is 5.60. The molecule has 0 N–H and O–H groups in total. The van der Waals surface area contributed by atoms with E-state index in [0.29, 0.717) is 59.5 Å². The number of likely N-dealkylation sites (N-methyl/N-ethyl adjacent to an activating group) is 1. The van der Waals surface area contributed by atoms with E-state index >= 15 is 0 Å². The molecule has 0 aromatic rings. The van der Waals surface area contributed by atoms with E-state index in [4.69, 9.17) is 28.4 Å². The topological polar surface area (TPSA) is 55.4 Å². The number of methoxy groups -OCH3 is 3. The summed E-state index contributed by atoms with van der Waals surface area (Å²) in [7, 11) is 7.24. The van der Waals surface area contributed by atoms with Crippen molar-refractivity contribution in [1.29, 1.82) is 0 Å². The molecule has 7 nitrogen and oxygen atoms in total. The number of hydrogen-bond donors (Lipinski definition) is 0. The molecule has 0 aromatic heterocycles. The van der Waals surface area contributed by atoms with Crippen LogP contribution in [0.2, 0.25) is 0 Å². The molecule has 0 aromatic carbocycles. The van der Waals surface area contributed by atoms with Crippen LogP contribution >= 0.6 is 25.4 Å². The first-order valence-corrected chi connectivity index (χ1v) is 18.2. The van der Waals surface area contributed by atoms with Crippen LogP contribution in [0.5, 0.6) is 0 Å². The smallest absolute Gasteiger partial charge is 0.102 e. The number of ether oxygens (including phenoxy) is 6. The van der Waals surface area contributed by atoms with Crippen molar-refractivity contribution < 1.29 is 49.7 Å². The van der Waals surface area contributed by atoms with Crippen LogP contribution in [0.1, 0.15) is 0 Å². The summed E-state index contributed by atoms with van der Waals surface area (Å²) >= 11 is 6.56. The summed E-state index contributed by atoms with van der Waals surface area (Å²) in [5.41, 5.74) is 0. The van der Waals surface area contributed by atoms with E-state index in [9.17, 15) is 0 Å². The number of hydrogen-bond acceptors (Lipinski definition) is 6. The second-order valence-electron chi connectivity index (χ2n) is 5.66. The van der Waals surface area contributed by atoms with E-state index in [1.165, 1.54) is 0 Å². The Hall–Kier alpha value is 1.41. The third-order valence-electron chi connectivity index (χ3n) is 3.62. The Labute approximate surface area is 181 Å². The van der Waals surface area contributed by atoms with Gasteiger partial charge in [-0.15, -0.1) is 0 Å². The van der Waals surface area contributed by atoms with Gasteiger partial charge >= 0.3 is 42.1 Å². The quantitative estimate of drug-likeness (QED) is 0.112. The summed E-state index contributed by atoms with van der Waals surface area (Å²) in [6.45, 7) is 8.66. The van der Waals surface area contributed by atoms with Crippen molar-refractivity contribution in [2.45, 2.75) is 0 Å². The van der Waals surface area contributed by atoms with Crippen LogP contribution in [0.25, 0.3) is 0 Å². The van der Waals surface area contributed by atoms with Gasteiger partial charge in [0.15, 0.2) is 0 Å². The molecule has 0 heterocycles. The second-order valence-corrected chi connectivity index (χ2v) is 15.4. The number of halogens is 3. The van der Waals surface area contributed by atoms with E-state index in [2.05, 4.69) is 32.4 Å². The molecular weight excluding hydrogens is 589 g/mol. The fourth-order valence-corrected chi connectivity index (χ4v) is 1.92. The Bertz CT molecular complexity index is 235. The van der Waals surface area contributed by atoms with Crippen molar-refractivity contribution in [2.24, 2.45) is 0 Å². The van der Waals surface area contributed by atoms with Gasteiger partial charge < -0.3 is 32.9 Å². The van der Waals surface area contributed by atoms with Crippen LogP contribution in [0.4, 0.5) is 0 Å². The molecule has 0 aliphatic rings. The minimum atomic E-state index is 0.215. The number of rotatable bonds is 18. The molecule has 0 atom stereocenters. The Morgan fingerprint density at radius 3 is 1.08 bits per heavy atom. The van der Waals surface area contributed by atoms with Crippen LogP contribution in [0.3, 0.4) is 0 Å². The Kier molecular flexibility index (Phi) is 27.8. The first-order valence-electron chi connectivity index (χ1n) is 8.50. The average Bonchev–Trinajstić information content (AvgIpc) is 2.62. The zero-order chi connectivity index (χ0) is 19.9. The fraction of sp³-hybridized carbons (Fsp3) is 1.00. The molecule has 0 saturated carbocycles. The predicted octanol–water partition coefficient (Wildman–Crippen LogP) is -0.883. The number of nitrogens with zero attached hydrogens (tertiary/aromatic N) is 1. The molecule has 0 saturated heterocycles. The zero-order valence-electron chi connectivity index (χ0n) is 16.5. The minimum absolute atomic E-state index is 0.215. The molecule has 0 spiro atoms. The Balaban J connectivity index is 0. The molecule has 26 heavy (non-hydrogen) atoms. The Morgan fingerprint density at radius 1 is 0.577 bits per heavy atom. The van der Waals surface area contributed by atoms with Crippen LogP contribution in [-0.4, -0.2) is 112 Å². The van der Waals surface area contributed by atoms with E-state index in [1.807, 2.05) is 0 Å². The van der Waals surface area contributed by atoms with Crippen LogP contribution in [0, 0.1) is 0 Å². The third-order valence-corrected chi connectivity index (χ3v) is 3.62. The van der Waals surface area contributed by atoms with Crippen LogP contribution < -0.4 is 16.8 Å². The molecule has 0 fully saturated rings. The number of quaternary nitrogens is 1. The summed E-state index contributed by atoms with van der Waals surface area (Å²) in [5.74, 6) is 0. The molecular formula is C16H36Br2INO6. The molecule has 162 valence electrons. The summed E-state index contributed by atoms with van der Waals surface area (Å²) in [6.07, 6.45) is 0. The van der Waals surface area contributed by atoms with Gasteiger partial charge in [0.2, 0.25) is 0 Å². The molecule has 0 aliphatic heterocycles. The summed E-state index contributed by atoms with van der Waals surface area (Å²) in [5, 5.41) is 0. The van der Waals surface area contributed by atoms with E-state index < -0.39 is 0 Å². The molecule has 0 radical (unpaired) electrons. The van der Waals surface area contributed by atoms with Gasteiger partial charge in [0.25, 0.3) is 0 Å². The Morgan fingerprint density at radius 2 is 0.846 bits per heavy atom. The largest absolute Gasteiger partial charge is 0.382 e. The first kappa shape index (κ1) is 29.6. The molecule has 0 aliphatic carbocycles. The maximum atomic E-state index is 5.60. The van der Waals surface area contributed by atoms with Gasteiger partial charge in [-0.05, 0) is 0 Å². The minimum Gasteiger partial charge on any atom is -0.382 e. The van der Waals surface area contributed by atoms with Gasteiger partial charge in [0, 0.05) is 21.3 Å². The predicted molar refractivity (Wildman–Crippen MR) is 107 cm³/mol. The first-order chi connectivity index (χ1) is 12.6. The SMILES string of the molecule is Br[I-]Br.COCCOCC[N+](C)(CCOCCOC)CCOCCOC. The van der Waals surface area contributed by atoms with Gasteiger partial charge in [-0.25, -0.2) is 0 Å². The van der Waals surface area contributed by atoms with Crippen molar-refractivity contribution >= 4 is 25.4 Å². The summed E-state index contributed by atoms with van der Waals surface area (Å²) in [4.78, 5) is 0. The van der Waals surface area contributed by atoms with E-state index in [0.717, 1.165) is 24.1 Å². The van der Waals surface area contributed by atoms with Gasteiger partial charge in [-0.2, -0.15) is 0 Å². The third kappa shape index (κ3) is 23.4. The maximum Gasteiger partial charge on any atom is 0.102 e. The summed E-state index contributed by atoms with van der Waals surface area (Å²) in [6, 6.07) is 0. The van der Waals surface area contributed by atoms with Crippen molar-refractivity contribution in [2.75, 3.05) is 107 Å². The molecule has 0 unspecified atom stereocenters. The summed E-state index contributed by atoms with van der Waals surface area (Å²) < 4.78 is 32.6. The van der Waals surface area contributed by atoms with Gasteiger partial charge in [0.1, 0.15) is 19.6 Å². The van der Waals surface area contributed by atoms with Gasteiger partial charge in [-0.3, -0.25) is 0 Å². The van der Waals surface area contributed by atoms with Crippen molar-refractivity contribution in [1.82, 2.24) is 0 Å². The van der Waals surface area contributed by atoms with Crippen molar-refractivity contribution in [3.63, 3.8) is 0 Å². The van der Waals surface area contributed by atoms with E-state index in [-0.39, 0.29) is 16.8 Å². The van der Waals surface area contributed by atoms with Crippen molar-refractivity contribution in [3.8, 4) is 0 Å². The van der Waals surface area contributed by atoms with Crippen LogP contribution in [-0.2, 0) is 28.4 Å². The van der Waals surface area contributed by atoms with Gasteiger partial charge in [0.05, 0.1) is 66.5 Å². The zero-order valence-corrected chi connectivity index (χ0v) is 21.8. The molecule has 0 bridgehead atoms. The average molecular weight is 625 g/mol. The molecule has 10 heteroatoms. The van der Waals surface area contributed by atoms with E-state index in [1.54, 1.807) is 21.3 Å². The normalized spacial score (nSPS) is 11.5. The fourth-order valence-electron chi connectivity index (χ4n) is 1.92. The standard InChI is InChI=1S/C16H36NO6.Br2I/c1-17(5-8-21-14-11-18-2,6-9-22-15-12-19-3)7-10-23-16-13-20-4;1-3-2/h5-16H2,1-4H3;/q+1;-1. The monoisotopic (exact) mass is 623 g/mol. The van der Waals surface area contributed by atoms with Crippen molar-refractivity contribution in [3.05, 3.63) is 0 Å². The second kappa shape index (κ2) is 24.4. The molecule has 0 amide bonds. The van der Waals surface area contributed by atoms with Gasteiger partial charge in [-0.1, -0.05) is 0 Å². The molecule has 0 rings (SSSR count). The van der Waals surface area contributed by atoms with Crippen LogP contribution in [0.15, 0.2) is 0 Å².